The highest BCUT2D eigenvalue weighted by Crippen LogP contribution is 2.31. The van der Waals surface area contributed by atoms with E-state index in [4.69, 9.17) is 4.98 Å². The minimum Gasteiger partial charge on any atom is -0.341 e. The van der Waals surface area contributed by atoms with Crippen LogP contribution >= 0.6 is 0 Å². The number of H-pyrrole nitrogens is 1. The van der Waals surface area contributed by atoms with Crippen molar-refractivity contribution in [2.45, 2.75) is 26.2 Å². The molecule has 1 aromatic heterocycles. The summed E-state index contributed by atoms with van der Waals surface area (Å²) in [5, 5.41) is 0. The van der Waals surface area contributed by atoms with Gasteiger partial charge in [-0.1, -0.05) is 87.7 Å². The lowest BCUT2D eigenvalue weighted by Crippen LogP contribution is -2.46. The summed E-state index contributed by atoms with van der Waals surface area (Å²) in [6.45, 7) is 19.2. The van der Waals surface area contributed by atoms with E-state index in [9.17, 15) is 0 Å². The Morgan fingerprint density at radius 2 is 1.81 bits per heavy atom. The number of piperazine rings is 1. The van der Waals surface area contributed by atoms with Gasteiger partial charge >= 0.3 is 0 Å². The van der Waals surface area contributed by atoms with Crippen LogP contribution in [0.2, 0.25) is 0 Å². The average Bonchev–Trinajstić information content (AvgIpc) is 3.26. The summed E-state index contributed by atoms with van der Waals surface area (Å²) in [6.07, 6.45) is 10.7. The maximum absolute atomic E-state index is 5.06. The molecule has 2 aromatic rings. The summed E-state index contributed by atoms with van der Waals surface area (Å²) < 4.78 is 0. The van der Waals surface area contributed by atoms with Gasteiger partial charge in [-0.25, -0.2) is 4.98 Å². The monoisotopic (exact) mass is 416 g/mol. The maximum atomic E-state index is 5.06. The molecule has 0 radical (unpaired) electrons. The van der Waals surface area contributed by atoms with E-state index in [2.05, 4.69) is 66.1 Å². The van der Waals surface area contributed by atoms with E-state index in [1.807, 2.05) is 30.4 Å². The van der Waals surface area contributed by atoms with Gasteiger partial charge in [-0.05, 0) is 19.5 Å². The number of rotatable bonds is 10. The van der Waals surface area contributed by atoms with Crippen molar-refractivity contribution in [3.05, 3.63) is 85.4 Å². The van der Waals surface area contributed by atoms with Crippen LogP contribution in [0.25, 0.3) is 16.8 Å². The van der Waals surface area contributed by atoms with E-state index >= 15 is 0 Å². The minimum atomic E-state index is 0.355. The van der Waals surface area contributed by atoms with E-state index < -0.39 is 0 Å². The molecule has 1 atom stereocenters. The Hall–Kier alpha value is -2.69. The van der Waals surface area contributed by atoms with Crippen molar-refractivity contribution in [2.75, 3.05) is 39.3 Å². The van der Waals surface area contributed by atoms with Gasteiger partial charge in [-0.3, -0.25) is 0 Å². The van der Waals surface area contributed by atoms with Crippen molar-refractivity contribution in [3.8, 4) is 11.3 Å². The predicted octanol–water partition coefficient (Wildman–Crippen LogP) is 5.52. The molecule has 0 amide bonds. The highest BCUT2D eigenvalue weighted by atomic mass is 15.3. The Kier molecular flexibility index (Phi) is 8.63. The number of hydrogen-bond acceptors (Lipinski definition) is 3. The fourth-order valence-corrected chi connectivity index (χ4v) is 4.00. The maximum Gasteiger partial charge on any atom is 0.110 e. The number of allylic oxidation sites excluding steroid dienone is 6. The second-order valence-electron chi connectivity index (χ2n) is 8.13. The van der Waals surface area contributed by atoms with Gasteiger partial charge in [0, 0.05) is 43.2 Å². The second-order valence-corrected chi connectivity index (χ2v) is 8.13. The van der Waals surface area contributed by atoms with Crippen LogP contribution in [0.5, 0.6) is 0 Å². The van der Waals surface area contributed by atoms with E-state index in [-0.39, 0.29) is 0 Å². The molecule has 1 aliphatic rings. The summed E-state index contributed by atoms with van der Waals surface area (Å²) in [6, 6.07) is 10.4. The van der Waals surface area contributed by atoms with Crippen LogP contribution in [-0.2, 0) is 0 Å². The number of nitrogens with one attached hydrogen (secondary N) is 1. The normalized spacial score (nSPS) is 17.2. The zero-order chi connectivity index (χ0) is 22.1. The fraction of sp³-hybridized carbons (Fsp3) is 0.370. The van der Waals surface area contributed by atoms with Gasteiger partial charge in [0.2, 0.25) is 0 Å². The summed E-state index contributed by atoms with van der Waals surface area (Å²) >= 11 is 0. The zero-order valence-electron chi connectivity index (χ0n) is 19.1. The van der Waals surface area contributed by atoms with E-state index in [1.165, 1.54) is 13.1 Å². The molecule has 1 fully saturated rings. The Balaban J connectivity index is 1.81. The Bertz CT molecular complexity index is 899. The number of aromatic nitrogens is 2. The molecule has 164 valence electrons. The van der Waals surface area contributed by atoms with Gasteiger partial charge in [0.15, 0.2) is 0 Å². The molecule has 1 aliphatic heterocycles. The van der Waals surface area contributed by atoms with Crippen LogP contribution in [0.4, 0.5) is 0 Å². The number of nitrogens with zero attached hydrogens (tertiary/aromatic N) is 3. The van der Waals surface area contributed by atoms with Crippen LogP contribution in [0.1, 0.15) is 37.7 Å². The number of benzene rings is 1. The molecule has 1 unspecified atom stereocenters. The minimum absolute atomic E-state index is 0.355. The van der Waals surface area contributed by atoms with Gasteiger partial charge in [-0.2, -0.15) is 0 Å². The standard InChI is InChI=1S/C27H36N4/c1-5-8-13-23(12-6-2)25-26(24-14-10-9-11-15-24)29-27(28-25)22(4)16-17-31-20-18-30(7-3)19-21-31/h5-6,8-15,22H,1-2,7,16-21H2,3-4H3,(H,28,29)/b13-8-,23-12+. The van der Waals surface area contributed by atoms with Crippen molar-refractivity contribution in [1.82, 2.24) is 19.8 Å². The SMILES string of the molecule is C=C/C=C\C(=C/C=C)c1nc(C(C)CCN2CCN(CC)CC2)[nH]c1-c1ccccc1. The third kappa shape index (κ3) is 6.16. The summed E-state index contributed by atoms with van der Waals surface area (Å²) in [5.41, 5.74) is 4.18. The number of imidazole rings is 1. The predicted molar refractivity (Wildman–Crippen MR) is 133 cm³/mol. The molecule has 0 spiro atoms. The third-order valence-electron chi connectivity index (χ3n) is 6.02. The Labute approximate surface area is 187 Å². The van der Waals surface area contributed by atoms with Crippen LogP contribution < -0.4 is 0 Å². The first kappa shape index (κ1) is 23.0. The van der Waals surface area contributed by atoms with Crippen LogP contribution in [0.3, 0.4) is 0 Å². The lowest BCUT2D eigenvalue weighted by Gasteiger charge is -2.34. The van der Waals surface area contributed by atoms with Crippen LogP contribution in [0.15, 0.2) is 73.9 Å². The third-order valence-corrected chi connectivity index (χ3v) is 6.02. The lowest BCUT2D eigenvalue weighted by molar-refractivity contribution is 0.134. The molecule has 0 bridgehead atoms. The van der Waals surface area contributed by atoms with Gasteiger partial charge in [0.1, 0.15) is 5.82 Å². The molecule has 2 heterocycles. The fourth-order valence-electron chi connectivity index (χ4n) is 4.00. The van der Waals surface area contributed by atoms with E-state index in [0.29, 0.717) is 5.92 Å². The molecule has 0 saturated carbocycles. The van der Waals surface area contributed by atoms with Gasteiger partial charge in [0.25, 0.3) is 0 Å². The largest absolute Gasteiger partial charge is 0.341 e. The van der Waals surface area contributed by atoms with Crippen molar-refractivity contribution >= 4 is 5.57 Å². The van der Waals surface area contributed by atoms with Crippen molar-refractivity contribution in [1.29, 1.82) is 0 Å². The smallest absolute Gasteiger partial charge is 0.110 e. The van der Waals surface area contributed by atoms with Gasteiger partial charge < -0.3 is 14.8 Å². The van der Waals surface area contributed by atoms with E-state index in [1.54, 1.807) is 6.08 Å². The molecule has 1 aromatic carbocycles. The summed E-state index contributed by atoms with van der Waals surface area (Å²) in [5.74, 6) is 1.40. The number of hydrogen-bond donors (Lipinski definition) is 1. The van der Waals surface area contributed by atoms with Crippen molar-refractivity contribution in [3.63, 3.8) is 0 Å². The van der Waals surface area contributed by atoms with Crippen LogP contribution in [-0.4, -0.2) is 59.0 Å². The summed E-state index contributed by atoms with van der Waals surface area (Å²) in [4.78, 5) is 13.8. The Morgan fingerprint density at radius 1 is 1.10 bits per heavy atom. The molecular weight excluding hydrogens is 380 g/mol. The number of aromatic amines is 1. The first-order valence-corrected chi connectivity index (χ1v) is 11.4. The molecule has 1 N–H and O–H groups in total. The zero-order valence-corrected chi connectivity index (χ0v) is 19.1. The van der Waals surface area contributed by atoms with Crippen LogP contribution in [0, 0.1) is 0 Å². The highest BCUT2D eigenvalue weighted by molar-refractivity contribution is 5.82. The molecule has 31 heavy (non-hydrogen) atoms. The molecule has 4 nitrogen and oxygen atoms in total. The molecular formula is C27H36N4. The molecule has 1 saturated heterocycles. The van der Waals surface area contributed by atoms with Crippen molar-refractivity contribution < 1.29 is 0 Å². The van der Waals surface area contributed by atoms with Crippen molar-refractivity contribution in [2.24, 2.45) is 0 Å². The second kappa shape index (κ2) is 11.6. The van der Waals surface area contributed by atoms with Gasteiger partial charge in [0.05, 0.1) is 11.4 Å². The Morgan fingerprint density at radius 3 is 2.45 bits per heavy atom. The number of likely N-dealkylation sites (N-methyl/N-ethyl adjacent to an activating group) is 1. The highest BCUT2D eigenvalue weighted by Gasteiger charge is 2.20. The molecule has 4 heteroatoms. The average molecular weight is 417 g/mol. The molecule has 3 rings (SSSR count). The topological polar surface area (TPSA) is 35.2 Å². The summed E-state index contributed by atoms with van der Waals surface area (Å²) in [7, 11) is 0. The molecule has 0 aliphatic carbocycles. The van der Waals surface area contributed by atoms with E-state index in [0.717, 1.165) is 60.9 Å². The lowest BCUT2D eigenvalue weighted by atomic mass is 10.0. The van der Waals surface area contributed by atoms with Gasteiger partial charge in [-0.15, -0.1) is 0 Å². The quantitative estimate of drug-likeness (QED) is 0.518. The first-order valence-electron chi connectivity index (χ1n) is 11.4. The first-order chi connectivity index (χ1) is 15.2.